The Kier molecular flexibility index (Phi) is 4.70. The van der Waals surface area contributed by atoms with E-state index in [2.05, 4.69) is 5.32 Å². The number of nitrogen functional groups attached to an aromatic ring is 1. The molecule has 0 saturated heterocycles. The van der Waals surface area contributed by atoms with E-state index < -0.39 is 29.8 Å². The zero-order valence-corrected chi connectivity index (χ0v) is 12.0. The molecule has 0 radical (unpaired) electrons. The number of halogens is 1. The van der Waals surface area contributed by atoms with Crippen LogP contribution in [-0.4, -0.2) is 24.0 Å². The molecular weight excluding hydrogens is 263 g/mol. The van der Waals surface area contributed by atoms with Gasteiger partial charge in [0.25, 0.3) is 5.91 Å². The van der Waals surface area contributed by atoms with Crippen LogP contribution in [0.15, 0.2) is 12.1 Å². The van der Waals surface area contributed by atoms with Crippen molar-refractivity contribution >= 4 is 17.6 Å². The summed E-state index contributed by atoms with van der Waals surface area (Å²) in [6, 6.07) is 2.36. The number of rotatable bonds is 3. The first-order chi connectivity index (χ1) is 9.10. The minimum Gasteiger partial charge on any atom is -0.452 e. The summed E-state index contributed by atoms with van der Waals surface area (Å²) in [7, 11) is 0. The van der Waals surface area contributed by atoms with Crippen molar-refractivity contribution in [1.29, 1.82) is 0 Å². The Balaban J connectivity index is 2.66. The summed E-state index contributed by atoms with van der Waals surface area (Å²) in [5, 5.41) is 2.64. The van der Waals surface area contributed by atoms with Crippen molar-refractivity contribution < 1.29 is 18.7 Å². The van der Waals surface area contributed by atoms with Crippen LogP contribution in [-0.2, 0) is 9.53 Å². The average Bonchev–Trinajstić information content (AvgIpc) is 2.30. The van der Waals surface area contributed by atoms with Gasteiger partial charge in [0.2, 0.25) is 0 Å². The molecule has 1 aromatic carbocycles. The van der Waals surface area contributed by atoms with Crippen LogP contribution in [0.4, 0.5) is 10.1 Å². The fourth-order valence-electron chi connectivity index (χ4n) is 1.49. The van der Waals surface area contributed by atoms with E-state index in [4.69, 9.17) is 10.5 Å². The van der Waals surface area contributed by atoms with Crippen molar-refractivity contribution in [3.05, 3.63) is 29.1 Å². The number of anilines is 1. The first-order valence-electron chi connectivity index (χ1n) is 6.14. The molecule has 0 bridgehead atoms. The number of nitrogens with two attached hydrogens (primary N) is 1. The van der Waals surface area contributed by atoms with E-state index in [-0.39, 0.29) is 16.8 Å². The lowest BCUT2D eigenvalue weighted by atomic mass is 10.1. The fourth-order valence-corrected chi connectivity index (χ4v) is 1.49. The molecule has 1 aromatic rings. The Morgan fingerprint density at radius 3 is 2.45 bits per heavy atom. The van der Waals surface area contributed by atoms with Crippen molar-refractivity contribution in [2.75, 3.05) is 12.3 Å². The Hall–Kier alpha value is -2.11. The number of carbonyl (C=O) groups excluding carboxylic acids is 2. The van der Waals surface area contributed by atoms with Crippen LogP contribution < -0.4 is 11.1 Å². The van der Waals surface area contributed by atoms with E-state index in [0.717, 1.165) is 6.07 Å². The third kappa shape index (κ3) is 4.53. The third-order valence-corrected chi connectivity index (χ3v) is 2.47. The molecule has 0 fully saturated rings. The van der Waals surface area contributed by atoms with E-state index in [1.54, 1.807) is 0 Å². The van der Waals surface area contributed by atoms with Crippen LogP contribution in [0.1, 0.15) is 36.7 Å². The van der Waals surface area contributed by atoms with Gasteiger partial charge in [0, 0.05) is 16.8 Å². The molecule has 0 unspecified atom stereocenters. The van der Waals surface area contributed by atoms with Crippen LogP contribution in [0.5, 0.6) is 0 Å². The molecular formula is C14H19FN2O3. The van der Waals surface area contributed by atoms with Crippen molar-refractivity contribution in [2.24, 2.45) is 0 Å². The molecule has 0 saturated carbocycles. The minimum atomic E-state index is -0.792. The zero-order valence-electron chi connectivity index (χ0n) is 12.0. The highest BCUT2D eigenvalue weighted by Crippen LogP contribution is 2.18. The maximum Gasteiger partial charge on any atom is 0.338 e. The molecule has 3 N–H and O–H groups in total. The number of benzene rings is 1. The minimum absolute atomic E-state index is 0.0193. The summed E-state index contributed by atoms with van der Waals surface area (Å²) >= 11 is 0. The molecule has 0 aliphatic carbocycles. The van der Waals surface area contributed by atoms with Crippen molar-refractivity contribution in [1.82, 2.24) is 5.32 Å². The summed E-state index contributed by atoms with van der Waals surface area (Å²) in [6.45, 7) is 6.51. The van der Waals surface area contributed by atoms with Gasteiger partial charge in [-0.3, -0.25) is 4.79 Å². The predicted octanol–water partition coefficient (Wildman–Crippen LogP) is 1.79. The molecule has 0 spiro atoms. The number of hydrogen-bond acceptors (Lipinski definition) is 4. The lowest BCUT2D eigenvalue weighted by Crippen LogP contribution is -2.42. The maximum absolute atomic E-state index is 13.5. The van der Waals surface area contributed by atoms with Crippen molar-refractivity contribution in [2.45, 2.75) is 33.2 Å². The summed E-state index contributed by atoms with van der Waals surface area (Å²) in [5.41, 5.74) is 5.57. The highest BCUT2D eigenvalue weighted by atomic mass is 19.1. The number of amides is 1. The molecule has 0 aromatic heterocycles. The number of hydrogen-bond donors (Lipinski definition) is 2. The zero-order chi connectivity index (χ0) is 15.5. The van der Waals surface area contributed by atoms with Gasteiger partial charge >= 0.3 is 5.97 Å². The molecule has 20 heavy (non-hydrogen) atoms. The summed E-state index contributed by atoms with van der Waals surface area (Å²) in [6.07, 6.45) is 0. The van der Waals surface area contributed by atoms with Gasteiger partial charge in [0.15, 0.2) is 6.61 Å². The predicted molar refractivity (Wildman–Crippen MR) is 73.7 cm³/mol. The van der Waals surface area contributed by atoms with Gasteiger partial charge in [-0.1, -0.05) is 0 Å². The van der Waals surface area contributed by atoms with E-state index in [9.17, 15) is 14.0 Å². The smallest absolute Gasteiger partial charge is 0.338 e. The summed E-state index contributed by atoms with van der Waals surface area (Å²) < 4.78 is 18.3. The molecule has 1 rings (SSSR count). The SMILES string of the molecule is Cc1c(N)cc(C(=O)OCC(=O)NC(C)(C)C)cc1F. The van der Waals surface area contributed by atoms with Gasteiger partial charge in [0.05, 0.1) is 5.56 Å². The number of carbonyl (C=O) groups is 2. The average molecular weight is 282 g/mol. The van der Waals surface area contributed by atoms with E-state index in [1.807, 2.05) is 20.8 Å². The second-order valence-corrected chi connectivity index (χ2v) is 5.55. The largest absolute Gasteiger partial charge is 0.452 e. The molecule has 0 atom stereocenters. The summed E-state index contributed by atoms with van der Waals surface area (Å²) in [5.74, 6) is -1.80. The lowest BCUT2D eigenvalue weighted by Gasteiger charge is -2.20. The summed E-state index contributed by atoms with van der Waals surface area (Å²) in [4.78, 5) is 23.2. The third-order valence-electron chi connectivity index (χ3n) is 2.47. The van der Waals surface area contributed by atoms with Gasteiger partial charge in [-0.25, -0.2) is 9.18 Å². The monoisotopic (exact) mass is 282 g/mol. The van der Waals surface area contributed by atoms with Crippen LogP contribution in [0.25, 0.3) is 0 Å². The highest BCUT2D eigenvalue weighted by Gasteiger charge is 2.17. The molecule has 110 valence electrons. The Morgan fingerprint density at radius 2 is 1.95 bits per heavy atom. The normalized spacial score (nSPS) is 11.1. The van der Waals surface area contributed by atoms with Crippen LogP contribution in [0.2, 0.25) is 0 Å². The standard InChI is InChI=1S/C14H19FN2O3/c1-8-10(15)5-9(6-11(8)16)13(19)20-7-12(18)17-14(2,3)4/h5-6H,7,16H2,1-4H3,(H,17,18). The molecule has 0 aliphatic heterocycles. The van der Waals surface area contributed by atoms with Gasteiger partial charge in [-0.2, -0.15) is 0 Å². The second-order valence-electron chi connectivity index (χ2n) is 5.55. The lowest BCUT2D eigenvalue weighted by molar-refractivity contribution is -0.125. The van der Waals surface area contributed by atoms with Gasteiger partial charge in [-0.05, 0) is 39.8 Å². The quantitative estimate of drug-likeness (QED) is 0.654. The number of esters is 1. The van der Waals surface area contributed by atoms with Crippen molar-refractivity contribution in [3.63, 3.8) is 0 Å². The Bertz CT molecular complexity index is 513. The topological polar surface area (TPSA) is 81.4 Å². The molecule has 6 heteroatoms. The van der Waals surface area contributed by atoms with Crippen LogP contribution in [0.3, 0.4) is 0 Å². The molecule has 5 nitrogen and oxygen atoms in total. The van der Waals surface area contributed by atoms with Gasteiger partial charge in [0.1, 0.15) is 5.82 Å². The van der Waals surface area contributed by atoms with E-state index in [0.29, 0.717) is 0 Å². The van der Waals surface area contributed by atoms with Crippen molar-refractivity contribution in [3.8, 4) is 0 Å². The van der Waals surface area contributed by atoms with E-state index >= 15 is 0 Å². The molecule has 0 heterocycles. The number of nitrogens with one attached hydrogen (secondary N) is 1. The first kappa shape index (κ1) is 15.9. The molecule has 0 aliphatic rings. The Labute approximate surface area is 117 Å². The highest BCUT2D eigenvalue weighted by molar-refractivity contribution is 5.92. The fraction of sp³-hybridized carbons (Fsp3) is 0.429. The maximum atomic E-state index is 13.5. The molecule has 1 amide bonds. The van der Waals surface area contributed by atoms with Gasteiger partial charge in [-0.15, -0.1) is 0 Å². The van der Waals surface area contributed by atoms with Gasteiger partial charge < -0.3 is 15.8 Å². The van der Waals surface area contributed by atoms with Crippen LogP contribution in [0, 0.1) is 12.7 Å². The Morgan fingerprint density at radius 1 is 1.35 bits per heavy atom. The van der Waals surface area contributed by atoms with E-state index in [1.165, 1.54) is 13.0 Å². The second kappa shape index (κ2) is 5.90. The van der Waals surface area contributed by atoms with Crippen LogP contribution >= 0.6 is 0 Å². The number of ether oxygens (including phenoxy) is 1. The first-order valence-corrected chi connectivity index (χ1v) is 6.14.